The molecule has 1 aromatic heterocycles. The van der Waals surface area contributed by atoms with Crippen LogP contribution in [0.5, 0.6) is 0 Å². The van der Waals surface area contributed by atoms with Crippen molar-refractivity contribution in [2.45, 2.75) is 6.61 Å². The third-order valence-corrected chi connectivity index (χ3v) is 2.86. The fraction of sp³-hybridized carbons (Fsp3) is 0.0714. The van der Waals surface area contributed by atoms with Crippen LogP contribution in [0.15, 0.2) is 54.9 Å². The van der Waals surface area contributed by atoms with Crippen LogP contribution >= 0.6 is 0 Å². The molecular weight excluding hydrogens is 212 g/mol. The van der Waals surface area contributed by atoms with E-state index in [4.69, 9.17) is 5.11 Å². The van der Waals surface area contributed by atoms with Crippen molar-refractivity contribution in [2.75, 3.05) is 0 Å². The molecule has 3 aromatic rings. The van der Waals surface area contributed by atoms with Gasteiger partial charge in [0.2, 0.25) is 0 Å². The van der Waals surface area contributed by atoms with Gasteiger partial charge in [-0.05, 0) is 29.1 Å². The molecule has 1 heterocycles. The van der Waals surface area contributed by atoms with Crippen molar-refractivity contribution in [3.63, 3.8) is 0 Å². The summed E-state index contributed by atoms with van der Waals surface area (Å²) in [7, 11) is 0. The molecule has 0 aliphatic rings. The maximum atomic E-state index is 9.13. The number of nitrogens with zero attached hydrogens (tertiary/aromatic N) is 2. The average molecular weight is 224 g/mol. The molecule has 17 heavy (non-hydrogen) atoms. The van der Waals surface area contributed by atoms with Gasteiger partial charge in [-0.25, -0.2) is 4.68 Å². The van der Waals surface area contributed by atoms with E-state index in [-0.39, 0.29) is 6.61 Å². The van der Waals surface area contributed by atoms with Crippen LogP contribution in [0.3, 0.4) is 0 Å². The van der Waals surface area contributed by atoms with Crippen molar-refractivity contribution in [3.05, 3.63) is 60.4 Å². The molecule has 3 rings (SSSR count). The second-order valence-corrected chi connectivity index (χ2v) is 3.94. The van der Waals surface area contributed by atoms with E-state index in [2.05, 4.69) is 5.10 Å². The Bertz CT molecular complexity index is 644. The Labute approximate surface area is 98.9 Å². The molecule has 3 nitrogen and oxygen atoms in total. The fourth-order valence-corrected chi connectivity index (χ4v) is 2.03. The monoisotopic (exact) mass is 224 g/mol. The van der Waals surface area contributed by atoms with Crippen LogP contribution < -0.4 is 0 Å². The first-order valence-corrected chi connectivity index (χ1v) is 5.51. The van der Waals surface area contributed by atoms with Gasteiger partial charge in [0.15, 0.2) is 0 Å². The molecule has 0 radical (unpaired) electrons. The largest absolute Gasteiger partial charge is 0.392 e. The van der Waals surface area contributed by atoms with Crippen molar-refractivity contribution in [3.8, 4) is 5.69 Å². The van der Waals surface area contributed by atoms with Crippen LogP contribution in [0, 0.1) is 0 Å². The molecule has 0 spiro atoms. The normalized spacial score (nSPS) is 10.9. The van der Waals surface area contributed by atoms with Crippen molar-refractivity contribution in [1.29, 1.82) is 0 Å². The topological polar surface area (TPSA) is 38.0 Å². The van der Waals surface area contributed by atoms with E-state index in [9.17, 15) is 0 Å². The molecule has 1 N–H and O–H groups in total. The predicted octanol–water partition coefficient (Wildman–Crippen LogP) is 2.52. The van der Waals surface area contributed by atoms with Crippen molar-refractivity contribution >= 4 is 10.8 Å². The van der Waals surface area contributed by atoms with Gasteiger partial charge in [-0.3, -0.25) is 0 Å². The minimum absolute atomic E-state index is 0.0714. The zero-order valence-electron chi connectivity index (χ0n) is 9.24. The first kappa shape index (κ1) is 10.1. The lowest BCUT2D eigenvalue weighted by Gasteiger charge is -2.07. The van der Waals surface area contributed by atoms with Gasteiger partial charge in [0.25, 0.3) is 0 Å². The molecule has 0 saturated carbocycles. The van der Waals surface area contributed by atoms with Gasteiger partial charge in [-0.2, -0.15) is 5.10 Å². The van der Waals surface area contributed by atoms with Crippen LogP contribution in [0.4, 0.5) is 0 Å². The molecule has 0 bridgehead atoms. The number of rotatable bonds is 2. The zero-order valence-corrected chi connectivity index (χ0v) is 9.24. The number of fused-ring (bicyclic) bond motifs is 1. The molecule has 0 amide bonds. The molecule has 0 aliphatic carbocycles. The highest BCUT2D eigenvalue weighted by molar-refractivity contribution is 5.90. The second kappa shape index (κ2) is 4.03. The number of aliphatic hydroxyl groups excluding tert-OH is 1. The third-order valence-electron chi connectivity index (χ3n) is 2.86. The number of benzene rings is 2. The van der Waals surface area contributed by atoms with E-state index in [1.807, 2.05) is 53.3 Å². The Kier molecular flexibility index (Phi) is 2.38. The number of hydrogen-bond donors (Lipinski definition) is 1. The quantitative estimate of drug-likeness (QED) is 0.726. The van der Waals surface area contributed by atoms with Crippen LogP contribution in [-0.4, -0.2) is 14.9 Å². The van der Waals surface area contributed by atoms with Crippen LogP contribution in [0.1, 0.15) is 5.56 Å². The number of aliphatic hydroxyl groups is 1. The lowest BCUT2D eigenvalue weighted by atomic mass is 10.1. The van der Waals surface area contributed by atoms with Crippen molar-refractivity contribution in [1.82, 2.24) is 9.78 Å². The SMILES string of the molecule is OCc1ccc2c(-n3cccn3)cccc2c1. The Balaban J connectivity index is 2.27. The number of hydrogen-bond acceptors (Lipinski definition) is 2. The van der Waals surface area contributed by atoms with E-state index in [1.54, 1.807) is 6.20 Å². The molecule has 2 aromatic carbocycles. The van der Waals surface area contributed by atoms with Gasteiger partial charge in [0.05, 0.1) is 12.3 Å². The summed E-state index contributed by atoms with van der Waals surface area (Å²) >= 11 is 0. The van der Waals surface area contributed by atoms with Crippen LogP contribution in [0.25, 0.3) is 16.5 Å². The van der Waals surface area contributed by atoms with E-state index >= 15 is 0 Å². The van der Waals surface area contributed by atoms with Gasteiger partial charge in [0.1, 0.15) is 0 Å². The van der Waals surface area contributed by atoms with Gasteiger partial charge in [0, 0.05) is 17.8 Å². The number of aromatic nitrogens is 2. The predicted molar refractivity (Wildman–Crippen MR) is 67.0 cm³/mol. The summed E-state index contributed by atoms with van der Waals surface area (Å²) in [6, 6.07) is 14.0. The molecule has 0 fully saturated rings. The van der Waals surface area contributed by atoms with Crippen LogP contribution in [0.2, 0.25) is 0 Å². The van der Waals surface area contributed by atoms with Gasteiger partial charge < -0.3 is 5.11 Å². The Hall–Kier alpha value is -2.13. The summed E-state index contributed by atoms with van der Waals surface area (Å²) < 4.78 is 1.85. The molecule has 0 aliphatic heterocycles. The lowest BCUT2D eigenvalue weighted by molar-refractivity contribution is 0.282. The van der Waals surface area contributed by atoms with E-state index in [0.717, 1.165) is 22.0 Å². The van der Waals surface area contributed by atoms with Crippen molar-refractivity contribution in [2.24, 2.45) is 0 Å². The average Bonchev–Trinajstić information content (AvgIpc) is 2.91. The minimum Gasteiger partial charge on any atom is -0.392 e. The smallest absolute Gasteiger partial charge is 0.0723 e. The lowest BCUT2D eigenvalue weighted by Crippen LogP contribution is -1.95. The van der Waals surface area contributed by atoms with E-state index in [0.29, 0.717) is 0 Å². The summed E-state index contributed by atoms with van der Waals surface area (Å²) in [5.41, 5.74) is 1.98. The molecule has 0 unspecified atom stereocenters. The summed E-state index contributed by atoms with van der Waals surface area (Å²) in [5.74, 6) is 0. The Morgan fingerprint density at radius 1 is 1.12 bits per heavy atom. The molecule has 0 saturated heterocycles. The maximum Gasteiger partial charge on any atom is 0.0723 e. The molecule has 3 heteroatoms. The molecule has 0 atom stereocenters. The first-order valence-electron chi connectivity index (χ1n) is 5.51. The van der Waals surface area contributed by atoms with Crippen LogP contribution in [-0.2, 0) is 6.61 Å². The standard InChI is InChI=1S/C14H12N2O/c17-10-11-5-6-13-12(9-11)3-1-4-14(13)16-8-2-7-15-16/h1-9,17H,10H2. The molecule has 84 valence electrons. The summed E-state index contributed by atoms with van der Waals surface area (Å²) in [4.78, 5) is 0. The van der Waals surface area contributed by atoms with Crippen molar-refractivity contribution < 1.29 is 5.11 Å². The van der Waals surface area contributed by atoms with Gasteiger partial charge in [-0.15, -0.1) is 0 Å². The summed E-state index contributed by atoms with van der Waals surface area (Å²) in [6.45, 7) is 0.0714. The highest BCUT2D eigenvalue weighted by Crippen LogP contribution is 2.22. The van der Waals surface area contributed by atoms with Gasteiger partial charge >= 0.3 is 0 Å². The highest BCUT2D eigenvalue weighted by atomic mass is 16.3. The second-order valence-electron chi connectivity index (χ2n) is 3.94. The minimum atomic E-state index is 0.0714. The summed E-state index contributed by atoms with van der Waals surface area (Å²) in [5, 5.41) is 15.6. The summed E-state index contributed by atoms with van der Waals surface area (Å²) in [6.07, 6.45) is 3.69. The third kappa shape index (κ3) is 1.70. The fourth-order valence-electron chi connectivity index (χ4n) is 2.03. The zero-order chi connectivity index (χ0) is 11.7. The Morgan fingerprint density at radius 2 is 2.06 bits per heavy atom. The highest BCUT2D eigenvalue weighted by Gasteiger charge is 2.03. The Morgan fingerprint density at radius 3 is 2.82 bits per heavy atom. The maximum absolute atomic E-state index is 9.13. The first-order chi connectivity index (χ1) is 8.38. The van der Waals surface area contributed by atoms with E-state index in [1.165, 1.54) is 0 Å². The molecular formula is C14H12N2O. The van der Waals surface area contributed by atoms with E-state index < -0.39 is 0 Å². The van der Waals surface area contributed by atoms with Gasteiger partial charge in [-0.1, -0.05) is 24.3 Å².